The first-order valence-electron chi connectivity index (χ1n) is 18.8. The minimum Gasteiger partial charge on any atom is -0.440 e. The van der Waals surface area contributed by atoms with Crippen molar-refractivity contribution in [3.63, 3.8) is 0 Å². The van der Waals surface area contributed by atoms with Crippen LogP contribution in [0.25, 0.3) is 0 Å². The maximum Gasteiger partial charge on any atom is 0.410 e. The van der Waals surface area contributed by atoms with Crippen molar-refractivity contribution in [2.75, 3.05) is 13.1 Å². The summed E-state index contributed by atoms with van der Waals surface area (Å²) in [7, 11) is 0. The number of carbonyl (C=O) groups excluding carboxylic acids is 2. The molecule has 258 valence electrons. The number of rotatable bonds is 5. The number of hydrogen-bond donors (Lipinski definition) is 1. The van der Waals surface area contributed by atoms with Gasteiger partial charge in [0.2, 0.25) is 0 Å². The molecule has 0 radical (unpaired) electrons. The fraction of sp³-hybridized carbons (Fsp3) is 0.707. The normalized spacial score (nSPS) is 47.6. The first-order chi connectivity index (χ1) is 22.7. The third-order valence-corrected chi connectivity index (χ3v) is 17.2. The van der Waals surface area contributed by atoms with Crippen molar-refractivity contribution in [1.82, 2.24) is 4.90 Å². The molecule has 4 bridgehead atoms. The first-order valence-corrected chi connectivity index (χ1v) is 19.1. The summed E-state index contributed by atoms with van der Waals surface area (Å²) in [6, 6.07) is 4.60. The number of allylic oxidation sites excluding steroid dienone is 4. The summed E-state index contributed by atoms with van der Waals surface area (Å²) in [6.45, 7) is 11.0. The smallest absolute Gasteiger partial charge is 0.410 e. The molecular formula is C41H51ClFNO4. The second kappa shape index (κ2) is 9.99. The molecule has 9 aliphatic carbocycles. The van der Waals surface area contributed by atoms with Gasteiger partial charge in [0.25, 0.3) is 0 Å². The van der Waals surface area contributed by atoms with E-state index in [0.717, 1.165) is 56.6 Å². The van der Waals surface area contributed by atoms with Crippen LogP contribution in [0.5, 0.6) is 0 Å². The summed E-state index contributed by atoms with van der Waals surface area (Å²) in [6.07, 6.45) is 15.8. The zero-order valence-corrected chi connectivity index (χ0v) is 29.8. The molecule has 11 rings (SSSR count). The summed E-state index contributed by atoms with van der Waals surface area (Å²) in [4.78, 5) is 30.6. The number of aliphatic hydroxyl groups excluding tert-OH is 1. The number of nitrogens with zero attached hydrogens (tertiary/aromatic N) is 1. The lowest BCUT2D eigenvalue weighted by Gasteiger charge is -2.71. The van der Waals surface area contributed by atoms with Crippen molar-refractivity contribution in [1.29, 1.82) is 0 Å². The number of hydrogen-bond acceptors (Lipinski definition) is 4. The van der Waals surface area contributed by atoms with Gasteiger partial charge in [0.15, 0.2) is 5.78 Å². The highest BCUT2D eigenvalue weighted by Gasteiger charge is 2.76. The first kappa shape index (κ1) is 31.8. The van der Waals surface area contributed by atoms with Crippen LogP contribution in [0.4, 0.5) is 9.18 Å². The van der Waals surface area contributed by atoms with Gasteiger partial charge in [0.1, 0.15) is 11.4 Å². The molecular weight excluding hydrogens is 625 g/mol. The van der Waals surface area contributed by atoms with Gasteiger partial charge in [-0.3, -0.25) is 4.79 Å². The van der Waals surface area contributed by atoms with E-state index in [-0.39, 0.29) is 51.5 Å². The van der Waals surface area contributed by atoms with E-state index < -0.39 is 28.4 Å². The zero-order valence-electron chi connectivity index (χ0n) is 29.0. The number of benzene rings is 1. The predicted molar refractivity (Wildman–Crippen MR) is 183 cm³/mol. The van der Waals surface area contributed by atoms with E-state index in [1.807, 2.05) is 4.90 Å². The molecule has 6 saturated carbocycles. The van der Waals surface area contributed by atoms with Crippen LogP contribution in [0.1, 0.15) is 97.5 Å². The molecule has 3 spiro atoms. The standard InChI is InChI=1S/C41H51ClFNO4/c1-36(2)25-9-8-24(28(36)18-25)22-44-23-40(48-35(44)47)15-12-34-38(40,4)14-11-33-37(3)13-10-26(45)20-39(37)16-17-41(33,34)29(21-39)32(46)19-27-30(42)6-5-7-31(27)43/h5-7,16-17,21,24-26,28,33-34,45H,8-15,18-20,22-23H2,1-4H3/t24-,25-,26-,28-,33+,34+,37+,38-,39-,40+,41+/m0/s1. The van der Waals surface area contributed by atoms with Crippen LogP contribution in [0, 0.1) is 62.5 Å². The molecule has 0 unspecified atom stereocenters. The SMILES string of the molecule is CC1(C)[C@H]2CC[C@@H](CN3C[C@@]4(CC[C@H]5[C@]67C=C[C@@]8(C=C6C(=O)Cc6c(F)cccc6Cl)C[C@@H](O)CC[C@]8(C)[C@H]7CC[C@@]54C)OC3=O)[C@@H]1C2. The average molecular weight is 676 g/mol. The topological polar surface area (TPSA) is 66.8 Å². The third-order valence-electron chi connectivity index (χ3n) is 16.8. The Hall–Kier alpha value is -2.18. The second-order valence-corrected chi connectivity index (χ2v) is 18.9. The van der Waals surface area contributed by atoms with Crippen molar-refractivity contribution in [2.45, 2.75) is 110 Å². The van der Waals surface area contributed by atoms with E-state index in [1.54, 1.807) is 12.1 Å². The zero-order chi connectivity index (χ0) is 33.6. The number of ether oxygens (including phenoxy) is 1. The molecule has 5 nitrogen and oxygen atoms in total. The molecule has 1 heterocycles. The molecule has 7 fully saturated rings. The van der Waals surface area contributed by atoms with Gasteiger partial charge in [-0.15, -0.1) is 0 Å². The van der Waals surface area contributed by atoms with Gasteiger partial charge in [-0.2, -0.15) is 0 Å². The minimum absolute atomic E-state index is 0.0770. The van der Waals surface area contributed by atoms with Gasteiger partial charge in [-0.05, 0) is 117 Å². The van der Waals surface area contributed by atoms with Gasteiger partial charge in [-0.1, -0.05) is 63.6 Å². The molecule has 7 heteroatoms. The van der Waals surface area contributed by atoms with Gasteiger partial charge >= 0.3 is 6.09 Å². The Bertz CT molecular complexity index is 1650. The summed E-state index contributed by atoms with van der Waals surface area (Å²) < 4.78 is 21.8. The molecule has 1 amide bonds. The monoisotopic (exact) mass is 675 g/mol. The van der Waals surface area contributed by atoms with Gasteiger partial charge in [0, 0.05) is 45.4 Å². The Labute approximate surface area is 289 Å². The highest BCUT2D eigenvalue weighted by molar-refractivity contribution is 6.31. The number of carbonyl (C=O) groups is 2. The molecule has 48 heavy (non-hydrogen) atoms. The van der Waals surface area contributed by atoms with Crippen LogP contribution < -0.4 is 0 Å². The highest BCUT2D eigenvalue weighted by atomic mass is 35.5. The van der Waals surface area contributed by atoms with E-state index in [1.165, 1.54) is 25.3 Å². The largest absolute Gasteiger partial charge is 0.440 e. The second-order valence-electron chi connectivity index (χ2n) is 18.5. The quantitative estimate of drug-likeness (QED) is 0.317. The van der Waals surface area contributed by atoms with Crippen LogP contribution in [0.2, 0.25) is 5.02 Å². The highest BCUT2D eigenvalue weighted by Crippen LogP contribution is 2.79. The van der Waals surface area contributed by atoms with E-state index in [4.69, 9.17) is 16.3 Å². The Morgan fingerprint density at radius 2 is 1.77 bits per heavy atom. The Balaban J connectivity index is 1.09. The lowest BCUT2D eigenvalue weighted by molar-refractivity contribution is -0.169. The molecule has 10 aliphatic rings. The average Bonchev–Trinajstić information content (AvgIpc) is 3.52. The van der Waals surface area contributed by atoms with E-state index in [2.05, 4.69) is 45.9 Å². The molecule has 1 N–H and O–H groups in total. The van der Waals surface area contributed by atoms with Crippen molar-refractivity contribution >= 4 is 23.5 Å². The van der Waals surface area contributed by atoms with Crippen molar-refractivity contribution in [2.24, 2.45) is 56.7 Å². The molecule has 0 aromatic heterocycles. The van der Waals surface area contributed by atoms with Gasteiger partial charge in [0.05, 0.1) is 12.6 Å². The molecule has 1 saturated heterocycles. The maximum atomic E-state index is 15.1. The molecule has 1 aromatic carbocycles. The maximum absolute atomic E-state index is 15.1. The minimum atomic E-state index is -0.590. The summed E-state index contributed by atoms with van der Waals surface area (Å²) in [5, 5.41) is 11.3. The predicted octanol–water partition coefficient (Wildman–Crippen LogP) is 8.71. The van der Waals surface area contributed by atoms with E-state index >= 15 is 4.39 Å². The summed E-state index contributed by atoms with van der Waals surface area (Å²) >= 11 is 6.48. The lowest BCUT2D eigenvalue weighted by atomic mass is 9.32. The molecule has 1 aromatic rings. The van der Waals surface area contributed by atoms with Crippen molar-refractivity contribution < 1.29 is 23.8 Å². The fourth-order valence-corrected chi connectivity index (χ4v) is 14.2. The van der Waals surface area contributed by atoms with Crippen molar-refractivity contribution in [3.8, 4) is 0 Å². The molecule has 11 atom stereocenters. The van der Waals surface area contributed by atoms with Crippen LogP contribution in [0.15, 0.2) is 42.0 Å². The third kappa shape index (κ3) is 3.78. The van der Waals surface area contributed by atoms with Crippen molar-refractivity contribution in [3.05, 3.63) is 58.4 Å². The number of Topliss-reactive ketones (excluding diaryl/α,β-unsaturated/α-hetero) is 1. The van der Waals surface area contributed by atoms with Crippen LogP contribution in [0.3, 0.4) is 0 Å². The fourth-order valence-electron chi connectivity index (χ4n) is 14.0. The summed E-state index contributed by atoms with van der Waals surface area (Å²) in [5.41, 5.74) is -0.589. The number of aliphatic hydroxyl groups is 1. The molecule has 1 aliphatic heterocycles. The van der Waals surface area contributed by atoms with Gasteiger partial charge < -0.3 is 14.7 Å². The Morgan fingerprint density at radius 3 is 2.52 bits per heavy atom. The van der Waals surface area contributed by atoms with E-state index in [0.29, 0.717) is 30.2 Å². The number of halogens is 2. The van der Waals surface area contributed by atoms with E-state index in [9.17, 15) is 14.7 Å². The number of fused-ring (bicyclic) bond motifs is 4. The van der Waals surface area contributed by atoms with Crippen LogP contribution >= 0.6 is 11.6 Å². The Kier molecular flexibility index (Phi) is 6.61. The number of amides is 1. The number of ketones is 1. The van der Waals surface area contributed by atoms with Gasteiger partial charge in [-0.25, -0.2) is 9.18 Å². The Morgan fingerprint density at radius 1 is 1.02 bits per heavy atom. The van der Waals surface area contributed by atoms with Crippen LogP contribution in [-0.2, 0) is 16.0 Å². The lowest BCUT2D eigenvalue weighted by Crippen LogP contribution is -2.67. The van der Waals surface area contributed by atoms with Crippen LogP contribution in [-0.4, -0.2) is 46.7 Å². The summed E-state index contributed by atoms with van der Waals surface area (Å²) in [5.74, 6) is 1.80.